The minimum absolute atomic E-state index is 0.163. The number of aromatic nitrogens is 4. The zero-order chi connectivity index (χ0) is 29.2. The molecule has 2 aromatic carbocycles. The van der Waals surface area contributed by atoms with Gasteiger partial charge in [0.25, 0.3) is 5.91 Å². The zero-order valence-corrected chi connectivity index (χ0v) is 23.6. The van der Waals surface area contributed by atoms with Gasteiger partial charge in [-0.3, -0.25) is 14.3 Å². The number of rotatable bonds is 8. The van der Waals surface area contributed by atoms with Crippen LogP contribution in [0.2, 0.25) is 0 Å². The Bertz CT molecular complexity index is 1770. The van der Waals surface area contributed by atoms with Gasteiger partial charge >= 0.3 is 0 Å². The van der Waals surface area contributed by atoms with Crippen molar-refractivity contribution < 1.29 is 14.0 Å². The molecule has 4 heterocycles. The van der Waals surface area contributed by atoms with E-state index in [0.717, 1.165) is 48.7 Å². The Kier molecular flexibility index (Phi) is 7.54. The predicted molar refractivity (Wildman–Crippen MR) is 159 cm³/mol. The van der Waals surface area contributed by atoms with E-state index < -0.39 is 5.82 Å². The summed E-state index contributed by atoms with van der Waals surface area (Å²) in [4.78, 5) is 31.0. The molecular formula is C32H32FN7O2. The van der Waals surface area contributed by atoms with E-state index >= 15 is 0 Å². The first-order chi connectivity index (χ1) is 20.4. The van der Waals surface area contributed by atoms with Crippen LogP contribution in [0.3, 0.4) is 0 Å². The highest BCUT2D eigenvalue weighted by molar-refractivity contribution is 6.03. The molecule has 0 aliphatic carbocycles. The summed E-state index contributed by atoms with van der Waals surface area (Å²) < 4.78 is 18.2. The minimum Gasteiger partial charge on any atom is -0.369 e. The average Bonchev–Trinajstić information content (AvgIpc) is 3.63. The molecule has 42 heavy (non-hydrogen) atoms. The molecule has 1 N–H and O–H groups in total. The smallest absolute Gasteiger partial charge is 0.251 e. The van der Waals surface area contributed by atoms with Crippen LogP contribution in [0.25, 0.3) is 16.8 Å². The first-order valence-electron chi connectivity index (χ1n) is 13.9. The van der Waals surface area contributed by atoms with Crippen molar-refractivity contribution in [3.8, 4) is 11.3 Å². The predicted octanol–water partition coefficient (Wildman–Crippen LogP) is 3.98. The van der Waals surface area contributed by atoms with E-state index in [-0.39, 0.29) is 23.7 Å². The summed E-state index contributed by atoms with van der Waals surface area (Å²) in [5.74, 6) is -1.14. The second kappa shape index (κ2) is 11.6. The van der Waals surface area contributed by atoms with Gasteiger partial charge < -0.3 is 15.1 Å². The molecule has 0 bridgehead atoms. The Balaban J connectivity index is 1.15. The molecule has 10 heteroatoms. The van der Waals surface area contributed by atoms with Gasteiger partial charge in [-0.2, -0.15) is 10.2 Å². The van der Waals surface area contributed by atoms with Crippen LogP contribution in [0.4, 0.5) is 10.1 Å². The molecule has 5 aromatic rings. The molecule has 0 radical (unpaired) electrons. The van der Waals surface area contributed by atoms with Gasteiger partial charge in [0.15, 0.2) is 5.78 Å². The lowest BCUT2D eigenvalue weighted by Crippen LogP contribution is -2.45. The number of para-hydroxylation sites is 1. The largest absolute Gasteiger partial charge is 0.369 e. The number of halogens is 1. The van der Waals surface area contributed by atoms with Crippen LogP contribution < -0.4 is 10.2 Å². The number of amides is 1. The third-order valence-corrected chi connectivity index (χ3v) is 7.87. The number of ketones is 1. The number of benzene rings is 2. The number of carbonyl (C=O) groups is 2. The van der Waals surface area contributed by atoms with Gasteiger partial charge in [-0.05, 0) is 60.6 Å². The summed E-state index contributed by atoms with van der Waals surface area (Å²) in [5, 5.41) is 11.5. The number of carbonyl (C=O) groups excluding carboxylic acids is 2. The fourth-order valence-electron chi connectivity index (χ4n) is 5.42. The molecule has 1 saturated heterocycles. The minimum atomic E-state index is -0.532. The quantitative estimate of drug-likeness (QED) is 0.287. The molecule has 214 valence electrons. The van der Waals surface area contributed by atoms with E-state index in [2.05, 4.69) is 38.4 Å². The number of Topliss-reactive ketones (excluding diaryl/α,β-unsaturated/α-hetero) is 1. The van der Waals surface area contributed by atoms with E-state index in [1.807, 2.05) is 49.6 Å². The van der Waals surface area contributed by atoms with Crippen molar-refractivity contribution in [2.75, 3.05) is 38.1 Å². The Morgan fingerprint density at radius 1 is 0.929 bits per heavy atom. The molecule has 0 atom stereocenters. The maximum absolute atomic E-state index is 14.8. The van der Waals surface area contributed by atoms with Crippen LogP contribution in [0.1, 0.15) is 31.8 Å². The lowest BCUT2D eigenvalue weighted by atomic mass is 10.0. The van der Waals surface area contributed by atoms with Crippen molar-refractivity contribution in [1.82, 2.24) is 29.6 Å². The number of hydrogen-bond acceptors (Lipinski definition) is 6. The molecule has 3 aromatic heterocycles. The van der Waals surface area contributed by atoms with E-state index in [1.54, 1.807) is 15.4 Å². The van der Waals surface area contributed by atoms with Crippen molar-refractivity contribution in [2.45, 2.75) is 13.0 Å². The van der Waals surface area contributed by atoms with Crippen LogP contribution in [-0.4, -0.2) is 69.2 Å². The fraction of sp³-hybridized carbons (Fsp3) is 0.250. The number of aryl methyl sites for hydroxylation is 1. The Labute approximate surface area is 243 Å². The third-order valence-electron chi connectivity index (χ3n) is 7.87. The first-order valence-corrected chi connectivity index (χ1v) is 13.9. The number of pyridine rings is 1. The van der Waals surface area contributed by atoms with Crippen LogP contribution in [0.5, 0.6) is 0 Å². The highest BCUT2D eigenvalue weighted by Crippen LogP contribution is 2.24. The van der Waals surface area contributed by atoms with Crippen molar-refractivity contribution in [3.63, 3.8) is 0 Å². The number of nitrogens with one attached hydrogen (secondary N) is 1. The number of piperazine rings is 1. The number of likely N-dealkylation sites (N-methyl/N-ethyl adjacent to an activating group) is 1. The fourth-order valence-corrected chi connectivity index (χ4v) is 5.42. The second-order valence-corrected chi connectivity index (χ2v) is 10.7. The van der Waals surface area contributed by atoms with Gasteiger partial charge in [0.1, 0.15) is 5.82 Å². The van der Waals surface area contributed by atoms with E-state index in [0.29, 0.717) is 23.2 Å². The SMILES string of the molecule is CN1CCN(c2ccccc2CNC(=O)c2ccc(F)c(CC(=O)c3cnn4cc(-c5ccnn5C)ccc34)c2)CC1. The first kappa shape index (κ1) is 27.3. The van der Waals surface area contributed by atoms with Crippen molar-refractivity contribution in [1.29, 1.82) is 0 Å². The maximum Gasteiger partial charge on any atom is 0.251 e. The van der Waals surface area contributed by atoms with Gasteiger partial charge in [0, 0.05) is 75.4 Å². The van der Waals surface area contributed by atoms with Crippen molar-refractivity contribution in [3.05, 3.63) is 107 Å². The topological polar surface area (TPSA) is 87.8 Å². The summed E-state index contributed by atoms with van der Waals surface area (Å²) in [6, 6.07) is 17.8. The average molecular weight is 566 g/mol. The Hall–Kier alpha value is -4.83. The Morgan fingerprint density at radius 2 is 1.74 bits per heavy atom. The Morgan fingerprint density at radius 3 is 2.52 bits per heavy atom. The molecular weight excluding hydrogens is 533 g/mol. The van der Waals surface area contributed by atoms with E-state index in [9.17, 15) is 14.0 Å². The van der Waals surface area contributed by atoms with Crippen molar-refractivity contribution in [2.24, 2.45) is 7.05 Å². The normalized spacial score (nSPS) is 13.9. The monoisotopic (exact) mass is 565 g/mol. The summed E-state index contributed by atoms with van der Waals surface area (Å²) in [6.45, 7) is 4.17. The van der Waals surface area contributed by atoms with E-state index in [4.69, 9.17) is 0 Å². The molecule has 9 nitrogen and oxygen atoms in total. The zero-order valence-electron chi connectivity index (χ0n) is 23.6. The third kappa shape index (κ3) is 5.53. The second-order valence-electron chi connectivity index (χ2n) is 10.7. The molecule has 1 fully saturated rings. The lowest BCUT2D eigenvalue weighted by molar-refractivity contribution is 0.0947. The molecule has 1 amide bonds. The van der Waals surface area contributed by atoms with Gasteiger partial charge in [-0.1, -0.05) is 18.2 Å². The maximum atomic E-state index is 14.8. The molecule has 1 aliphatic rings. The van der Waals surface area contributed by atoms with Crippen LogP contribution in [0, 0.1) is 5.82 Å². The highest BCUT2D eigenvalue weighted by atomic mass is 19.1. The van der Waals surface area contributed by atoms with Gasteiger partial charge in [0.2, 0.25) is 0 Å². The summed E-state index contributed by atoms with van der Waals surface area (Å²) in [5.41, 5.74) is 5.43. The van der Waals surface area contributed by atoms with Gasteiger partial charge in [0.05, 0.1) is 23.0 Å². The molecule has 0 spiro atoms. The van der Waals surface area contributed by atoms with Crippen LogP contribution in [0.15, 0.2) is 79.3 Å². The van der Waals surface area contributed by atoms with E-state index in [1.165, 1.54) is 24.4 Å². The standard InChI is InChI=1S/C32H32FN7O2/c1-37-13-15-39(16-14-37)29-6-4-3-5-23(29)19-34-32(42)22-7-9-27(33)25(17-22)18-31(41)26-20-36-40-21-24(8-10-30(26)40)28-11-12-35-38(28)2/h3-12,17,20-21H,13-16,18-19H2,1-2H3,(H,34,42). The molecule has 0 saturated carbocycles. The van der Waals surface area contributed by atoms with Gasteiger partial charge in [-0.25, -0.2) is 8.91 Å². The molecule has 6 rings (SSSR count). The molecule has 0 unspecified atom stereocenters. The van der Waals surface area contributed by atoms with Crippen LogP contribution in [-0.2, 0) is 20.0 Å². The summed E-state index contributed by atoms with van der Waals surface area (Å²) >= 11 is 0. The number of hydrogen-bond donors (Lipinski definition) is 1. The highest BCUT2D eigenvalue weighted by Gasteiger charge is 2.19. The number of fused-ring (bicyclic) bond motifs is 1. The van der Waals surface area contributed by atoms with Gasteiger partial charge in [-0.15, -0.1) is 0 Å². The molecule has 1 aliphatic heterocycles. The number of nitrogens with zero attached hydrogens (tertiary/aromatic N) is 6. The summed E-state index contributed by atoms with van der Waals surface area (Å²) in [7, 11) is 3.97. The number of anilines is 1. The summed E-state index contributed by atoms with van der Waals surface area (Å²) in [6.07, 6.45) is 4.85. The van der Waals surface area contributed by atoms with Crippen LogP contribution >= 0.6 is 0 Å². The lowest BCUT2D eigenvalue weighted by Gasteiger charge is -2.35. The van der Waals surface area contributed by atoms with Crippen molar-refractivity contribution >= 4 is 22.9 Å².